The summed E-state index contributed by atoms with van der Waals surface area (Å²) in [6.45, 7) is 10.9. The summed E-state index contributed by atoms with van der Waals surface area (Å²) in [5.74, 6) is 0. The standard InChI is InChI=1S/C25H28NOSi.2ClH.Ti/c1-17-18-11-7-9-13-20(18)22-15-16-23(28(27)26(5,6)25(2,3)4)24(22)21-14-10-8-12-19(17)21;;;/h7-16,23H,1H2,2-6H3;2*1H;/q+1;;;/p-2. The van der Waals surface area contributed by atoms with Crippen molar-refractivity contribution in [1.82, 2.24) is 0 Å². The predicted octanol–water partition coefficient (Wildman–Crippen LogP) is -0.289. The number of benzene rings is 2. The molecule has 0 radical (unpaired) electrons. The Morgan fingerprint density at radius 3 is 1.84 bits per heavy atom. The minimum absolute atomic E-state index is 0. The van der Waals surface area contributed by atoms with Crippen molar-refractivity contribution in [2.24, 2.45) is 0 Å². The van der Waals surface area contributed by atoms with Gasteiger partial charge in [-0.25, -0.2) is 0 Å². The Kier molecular flexibility index (Phi) is 8.86. The molecule has 2 aliphatic carbocycles. The molecule has 0 saturated heterocycles. The van der Waals surface area contributed by atoms with Gasteiger partial charge in [-0.05, 0) is 59.7 Å². The third-order valence-electron chi connectivity index (χ3n) is 6.64. The number of hydrogen-bond acceptors (Lipinski definition) is 1. The van der Waals surface area contributed by atoms with E-state index in [0.29, 0.717) is 4.15 Å². The number of allylic oxidation sites excluding steroid dienone is 4. The molecule has 2 nitrogen and oxygen atoms in total. The predicted molar refractivity (Wildman–Crippen MR) is 119 cm³/mol. The average Bonchev–Trinajstić information content (AvgIpc) is 3.06. The molecular weight excluding hydrogens is 477 g/mol. The van der Waals surface area contributed by atoms with Crippen molar-refractivity contribution in [3.8, 4) is 0 Å². The van der Waals surface area contributed by atoms with E-state index in [1.54, 1.807) is 0 Å². The first-order valence-corrected chi connectivity index (χ1v) is 11.3. The smallest absolute Gasteiger partial charge is 0.565 e. The fraction of sp³-hybridized carbons (Fsp3) is 0.280. The zero-order valence-electron chi connectivity index (χ0n) is 18.7. The second-order valence-electron chi connectivity index (χ2n) is 9.20. The molecule has 2 aromatic rings. The molecule has 162 valence electrons. The van der Waals surface area contributed by atoms with Crippen LogP contribution in [0.3, 0.4) is 0 Å². The van der Waals surface area contributed by atoms with Gasteiger partial charge in [-0.2, -0.15) is 0 Å². The van der Waals surface area contributed by atoms with Crippen molar-refractivity contribution < 1.29 is 55.1 Å². The van der Waals surface area contributed by atoms with E-state index in [2.05, 4.69) is 102 Å². The molecule has 2 aliphatic rings. The monoisotopic (exact) mass is 504 g/mol. The summed E-state index contributed by atoms with van der Waals surface area (Å²) in [7, 11) is 2.17. The van der Waals surface area contributed by atoms with Crippen LogP contribution in [-0.4, -0.2) is 32.6 Å². The third kappa shape index (κ3) is 4.42. The molecule has 0 aliphatic heterocycles. The molecule has 0 aromatic heterocycles. The molecule has 31 heavy (non-hydrogen) atoms. The van der Waals surface area contributed by atoms with Gasteiger partial charge in [0.25, 0.3) is 0 Å². The molecule has 0 amide bonds. The largest absolute Gasteiger partial charge is 1.00 e. The normalized spacial score (nSPS) is 16.7. The molecule has 1 unspecified atom stereocenters. The first-order valence-electron chi connectivity index (χ1n) is 9.84. The minimum Gasteiger partial charge on any atom is -1.00 e. The molecule has 0 bridgehead atoms. The zero-order valence-corrected chi connectivity index (χ0v) is 22.7. The average molecular weight is 505 g/mol. The Hall–Kier alpha value is -1.07. The van der Waals surface area contributed by atoms with E-state index in [9.17, 15) is 4.46 Å². The number of rotatable bonds is 2. The molecule has 1 atom stereocenters. The van der Waals surface area contributed by atoms with Crippen LogP contribution in [0.4, 0.5) is 0 Å². The van der Waals surface area contributed by atoms with Crippen molar-refractivity contribution in [3.63, 3.8) is 0 Å². The van der Waals surface area contributed by atoms with Gasteiger partial charge < -0.3 is 33.4 Å². The van der Waals surface area contributed by atoms with Gasteiger partial charge in [-0.3, -0.25) is 0 Å². The van der Waals surface area contributed by atoms with Gasteiger partial charge in [-0.1, -0.05) is 67.3 Å². The van der Waals surface area contributed by atoms with Crippen molar-refractivity contribution in [1.29, 1.82) is 0 Å². The molecule has 6 heteroatoms. The van der Waals surface area contributed by atoms with Gasteiger partial charge in [0, 0.05) is 21.7 Å². The maximum Gasteiger partial charge on any atom is 0.565 e. The summed E-state index contributed by atoms with van der Waals surface area (Å²) in [6, 6.07) is 16.9. The molecule has 0 fully saturated rings. The third-order valence-corrected chi connectivity index (χ3v) is 9.42. The maximum absolute atomic E-state index is 13.9. The molecular formula is C25H28Cl2NOSiTi-. The van der Waals surface area contributed by atoms with Crippen LogP contribution in [0.5, 0.6) is 0 Å². The summed E-state index contributed by atoms with van der Waals surface area (Å²) >= 11 is 0. The van der Waals surface area contributed by atoms with Crippen LogP contribution in [-0.2, 0) is 26.2 Å². The van der Waals surface area contributed by atoms with Crippen LogP contribution in [0.25, 0.3) is 16.7 Å². The van der Waals surface area contributed by atoms with Crippen molar-refractivity contribution >= 4 is 25.6 Å². The zero-order chi connectivity index (χ0) is 20.3. The summed E-state index contributed by atoms with van der Waals surface area (Å²) in [6.07, 6.45) is 4.35. The Morgan fingerprint density at radius 2 is 1.32 bits per heavy atom. The maximum atomic E-state index is 13.9. The quantitative estimate of drug-likeness (QED) is 0.514. The van der Waals surface area contributed by atoms with Crippen LogP contribution in [0.2, 0.25) is 5.54 Å². The van der Waals surface area contributed by atoms with Crippen molar-refractivity contribution in [2.45, 2.75) is 31.9 Å². The summed E-state index contributed by atoms with van der Waals surface area (Å²) in [4.78, 5) is 0. The Bertz CT molecular complexity index is 1080. The van der Waals surface area contributed by atoms with E-state index in [0.717, 1.165) is 16.7 Å². The van der Waals surface area contributed by atoms with E-state index in [-0.39, 0.29) is 57.6 Å². The summed E-state index contributed by atoms with van der Waals surface area (Å²) in [5.41, 5.74) is 7.92. The number of fused-ring (bicyclic) bond motifs is 4. The van der Waals surface area contributed by atoms with Crippen LogP contribution in [0.15, 0.2) is 67.3 Å². The van der Waals surface area contributed by atoms with Gasteiger partial charge in [0.15, 0.2) is 0 Å². The number of hydrogen-bond donors (Lipinski definition) is 0. The van der Waals surface area contributed by atoms with Crippen LogP contribution in [0, 0.1) is 0 Å². The fourth-order valence-electron chi connectivity index (χ4n) is 4.08. The number of halogens is 2. The van der Waals surface area contributed by atoms with Gasteiger partial charge in [0.2, 0.25) is 0 Å². The van der Waals surface area contributed by atoms with E-state index in [4.69, 9.17) is 0 Å². The Balaban J connectivity index is 0.00000160. The van der Waals surface area contributed by atoms with Crippen LogP contribution >= 0.6 is 0 Å². The van der Waals surface area contributed by atoms with Gasteiger partial charge >= 0.3 is 8.84 Å². The van der Waals surface area contributed by atoms with Gasteiger partial charge in [0.1, 0.15) is 5.54 Å². The van der Waals surface area contributed by atoms with E-state index in [1.165, 1.54) is 22.3 Å². The molecule has 2 aromatic carbocycles. The first-order chi connectivity index (χ1) is 13.1. The summed E-state index contributed by atoms with van der Waals surface area (Å²) in [5, 5.41) is 0. The second-order valence-corrected chi connectivity index (χ2v) is 11.6. The number of nitrogens with zero attached hydrogens (tertiary/aromatic N) is 1. The second kappa shape index (κ2) is 9.82. The minimum atomic E-state index is -2.03. The molecule has 0 spiro atoms. The van der Waals surface area contributed by atoms with Crippen molar-refractivity contribution in [2.75, 3.05) is 14.1 Å². The number of quaternary nitrogens is 1. The van der Waals surface area contributed by atoms with E-state index < -0.39 is 8.84 Å². The first kappa shape index (κ1) is 28.0. The SMILES string of the molecule is C=C1c2ccccc2C2=C(c3ccccc31)C([Si](=O)[N+](C)(C)C(C)(C)C)C=C2.[Cl-].[Cl-].[Ti]. The Morgan fingerprint density at radius 1 is 0.871 bits per heavy atom. The Labute approximate surface area is 215 Å². The van der Waals surface area contributed by atoms with Gasteiger partial charge in [0.05, 0.1) is 19.6 Å². The topological polar surface area (TPSA) is 17.1 Å². The van der Waals surface area contributed by atoms with E-state index in [1.807, 2.05) is 0 Å². The van der Waals surface area contributed by atoms with E-state index >= 15 is 0 Å². The molecule has 0 saturated carbocycles. The van der Waals surface area contributed by atoms with Crippen LogP contribution in [0.1, 0.15) is 43.0 Å². The molecule has 0 heterocycles. The fourth-order valence-corrected chi connectivity index (χ4v) is 6.26. The van der Waals surface area contributed by atoms with Gasteiger partial charge in [-0.15, -0.1) is 0 Å². The van der Waals surface area contributed by atoms with Crippen molar-refractivity contribution in [3.05, 3.63) is 89.5 Å². The molecule has 4 rings (SSSR count). The molecule has 0 N–H and O–H groups in total. The van der Waals surface area contributed by atoms with Crippen LogP contribution < -0.4 is 24.8 Å². The summed E-state index contributed by atoms with van der Waals surface area (Å²) < 4.78 is 14.4.